The lowest BCUT2D eigenvalue weighted by Gasteiger charge is -2.08. The molecule has 3 aromatic rings. The highest BCUT2D eigenvalue weighted by Gasteiger charge is 2.10. The molecular weight excluding hydrogens is 292 g/mol. The molecule has 0 atom stereocenters. The van der Waals surface area contributed by atoms with Gasteiger partial charge in [0.25, 0.3) is 0 Å². The monoisotopic (exact) mass is 306 g/mol. The SMILES string of the molecule is CN(C)CCn1cnc(-c2cc3nccc(Cl)c3s2)c1. The van der Waals surface area contributed by atoms with Crippen molar-refractivity contribution < 1.29 is 0 Å². The summed E-state index contributed by atoms with van der Waals surface area (Å²) in [4.78, 5) is 12.1. The number of rotatable bonds is 4. The zero-order valence-corrected chi connectivity index (χ0v) is 12.9. The number of hydrogen-bond acceptors (Lipinski definition) is 4. The second kappa shape index (κ2) is 5.52. The van der Waals surface area contributed by atoms with Gasteiger partial charge in [0, 0.05) is 25.5 Å². The van der Waals surface area contributed by atoms with Crippen molar-refractivity contribution >= 4 is 33.2 Å². The van der Waals surface area contributed by atoms with Crippen LogP contribution in [-0.4, -0.2) is 40.1 Å². The Labute approximate surface area is 126 Å². The summed E-state index contributed by atoms with van der Waals surface area (Å²) in [5, 5.41) is 0.748. The first-order chi connectivity index (χ1) is 9.63. The second-order valence-electron chi connectivity index (χ2n) is 4.92. The lowest BCUT2D eigenvalue weighted by atomic mass is 10.3. The van der Waals surface area contributed by atoms with E-state index in [-0.39, 0.29) is 0 Å². The summed E-state index contributed by atoms with van der Waals surface area (Å²) in [7, 11) is 4.13. The van der Waals surface area contributed by atoms with E-state index in [0.717, 1.165) is 38.9 Å². The fourth-order valence-electron chi connectivity index (χ4n) is 1.96. The summed E-state index contributed by atoms with van der Waals surface area (Å²) < 4.78 is 3.13. The van der Waals surface area contributed by atoms with Crippen molar-refractivity contribution in [3.05, 3.63) is 35.9 Å². The maximum absolute atomic E-state index is 6.19. The zero-order chi connectivity index (χ0) is 14.1. The Kier molecular flexibility index (Phi) is 3.74. The average molecular weight is 307 g/mol. The first-order valence-corrected chi connectivity index (χ1v) is 7.54. The van der Waals surface area contributed by atoms with Gasteiger partial charge in [-0.15, -0.1) is 11.3 Å². The molecule has 0 aromatic carbocycles. The van der Waals surface area contributed by atoms with Gasteiger partial charge >= 0.3 is 0 Å². The molecule has 0 fully saturated rings. The number of aromatic nitrogens is 3. The van der Waals surface area contributed by atoms with E-state index in [2.05, 4.69) is 39.7 Å². The molecular formula is C14H15ClN4S. The van der Waals surface area contributed by atoms with Gasteiger partial charge < -0.3 is 9.47 Å². The summed E-state index contributed by atoms with van der Waals surface area (Å²) in [6, 6.07) is 3.87. The number of hydrogen-bond donors (Lipinski definition) is 0. The van der Waals surface area contributed by atoms with Crippen molar-refractivity contribution in [2.75, 3.05) is 20.6 Å². The van der Waals surface area contributed by atoms with E-state index < -0.39 is 0 Å². The molecule has 3 rings (SSSR count). The standard InChI is InChI=1S/C14H15ClN4S/c1-18(2)5-6-19-8-12(17-9-19)13-7-11-14(20-13)10(15)3-4-16-11/h3-4,7-9H,5-6H2,1-2H3. The highest BCUT2D eigenvalue weighted by molar-refractivity contribution is 7.22. The number of halogens is 1. The number of nitrogens with zero attached hydrogens (tertiary/aromatic N) is 4. The molecule has 0 aliphatic carbocycles. The molecule has 4 nitrogen and oxygen atoms in total. The van der Waals surface area contributed by atoms with Crippen LogP contribution in [0.2, 0.25) is 5.02 Å². The van der Waals surface area contributed by atoms with Crippen LogP contribution in [0.1, 0.15) is 0 Å². The molecule has 0 unspecified atom stereocenters. The van der Waals surface area contributed by atoms with Gasteiger partial charge in [0.1, 0.15) is 0 Å². The lowest BCUT2D eigenvalue weighted by molar-refractivity contribution is 0.384. The van der Waals surface area contributed by atoms with E-state index in [1.54, 1.807) is 17.5 Å². The zero-order valence-electron chi connectivity index (χ0n) is 11.4. The Balaban J connectivity index is 1.89. The van der Waals surface area contributed by atoms with Crippen molar-refractivity contribution in [2.24, 2.45) is 0 Å². The molecule has 0 spiro atoms. The van der Waals surface area contributed by atoms with Crippen LogP contribution < -0.4 is 0 Å². The Bertz CT molecular complexity index is 732. The molecule has 0 aliphatic rings. The van der Waals surface area contributed by atoms with E-state index in [1.807, 2.05) is 18.5 Å². The van der Waals surface area contributed by atoms with Crippen LogP contribution in [0.15, 0.2) is 30.9 Å². The third-order valence-electron chi connectivity index (χ3n) is 3.05. The lowest BCUT2D eigenvalue weighted by Crippen LogP contribution is -2.17. The maximum atomic E-state index is 6.19. The van der Waals surface area contributed by atoms with Crippen molar-refractivity contribution in [2.45, 2.75) is 6.54 Å². The van der Waals surface area contributed by atoms with Crippen LogP contribution in [0.4, 0.5) is 0 Å². The molecule has 0 amide bonds. The average Bonchev–Trinajstić information content (AvgIpc) is 3.03. The third-order valence-corrected chi connectivity index (χ3v) is 4.66. The second-order valence-corrected chi connectivity index (χ2v) is 6.38. The summed E-state index contributed by atoms with van der Waals surface area (Å²) in [6.07, 6.45) is 5.68. The number of imidazole rings is 1. The minimum Gasteiger partial charge on any atom is -0.336 e. The normalized spacial score (nSPS) is 11.6. The molecule has 0 saturated carbocycles. The van der Waals surface area contributed by atoms with Gasteiger partial charge in [-0.25, -0.2) is 4.98 Å². The first-order valence-electron chi connectivity index (χ1n) is 6.34. The Morgan fingerprint density at radius 2 is 2.20 bits per heavy atom. The van der Waals surface area contributed by atoms with Crippen molar-refractivity contribution in [3.63, 3.8) is 0 Å². The van der Waals surface area contributed by atoms with Crippen molar-refractivity contribution in [1.29, 1.82) is 0 Å². The van der Waals surface area contributed by atoms with Crippen LogP contribution in [0.5, 0.6) is 0 Å². The van der Waals surface area contributed by atoms with E-state index in [0.29, 0.717) is 0 Å². The van der Waals surface area contributed by atoms with Gasteiger partial charge in [-0.3, -0.25) is 4.98 Å². The fraction of sp³-hybridized carbons (Fsp3) is 0.286. The van der Waals surface area contributed by atoms with E-state index >= 15 is 0 Å². The summed E-state index contributed by atoms with van der Waals surface area (Å²) in [5.74, 6) is 0. The Morgan fingerprint density at radius 3 is 2.95 bits per heavy atom. The predicted octanol–water partition coefficient (Wildman–Crippen LogP) is 3.37. The van der Waals surface area contributed by atoms with Crippen molar-refractivity contribution in [3.8, 4) is 10.6 Å². The number of fused-ring (bicyclic) bond motifs is 1. The van der Waals surface area contributed by atoms with E-state index in [1.165, 1.54) is 0 Å². The number of likely N-dealkylation sites (N-methyl/N-ethyl adjacent to an activating group) is 1. The van der Waals surface area contributed by atoms with Gasteiger partial charge in [0.05, 0.1) is 32.1 Å². The third kappa shape index (κ3) is 2.70. The maximum Gasteiger partial charge on any atom is 0.0982 e. The van der Waals surface area contributed by atoms with Gasteiger partial charge in [0.15, 0.2) is 0 Å². The largest absolute Gasteiger partial charge is 0.336 e. The van der Waals surface area contributed by atoms with E-state index in [4.69, 9.17) is 11.6 Å². The topological polar surface area (TPSA) is 34.0 Å². The molecule has 0 aliphatic heterocycles. The Morgan fingerprint density at radius 1 is 1.35 bits per heavy atom. The molecule has 6 heteroatoms. The van der Waals surface area contributed by atoms with Crippen LogP contribution in [-0.2, 0) is 6.54 Å². The highest BCUT2D eigenvalue weighted by Crippen LogP contribution is 2.35. The first kappa shape index (κ1) is 13.5. The minimum absolute atomic E-state index is 0.748. The Hall–Kier alpha value is -1.43. The summed E-state index contributed by atoms with van der Waals surface area (Å²) >= 11 is 7.82. The molecule has 3 aromatic heterocycles. The summed E-state index contributed by atoms with van der Waals surface area (Å²) in [6.45, 7) is 1.93. The molecule has 0 radical (unpaired) electrons. The molecule has 0 saturated heterocycles. The summed E-state index contributed by atoms with van der Waals surface area (Å²) in [5.41, 5.74) is 1.91. The van der Waals surface area contributed by atoms with Crippen LogP contribution >= 0.6 is 22.9 Å². The van der Waals surface area contributed by atoms with Crippen LogP contribution in [0.25, 0.3) is 20.8 Å². The van der Waals surface area contributed by atoms with Crippen molar-refractivity contribution in [1.82, 2.24) is 19.4 Å². The number of pyridine rings is 1. The highest BCUT2D eigenvalue weighted by atomic mass is 35.5. The number of thiophene rings is 1. The van der Waals surface area contributed by atoms with Gasteiger partial charge in [-0.1, -0.05) is 11.6 Å². The molecule has 0 N–H and O–H groups in total. The van der Waals surface area contributed by atoms with Gasteiger partial charge in [-0.2, -0.15) is 0 Å². The van der Waals surface area contributed by atoms with Gasteiger partial charge in [-0.05, 0) is 26.2 Å². The smallest absolute Gasteiger partial charge is 0.0982 e. The van der Waals surface area contributed by atoms with E-state index in [9.17, 15) is 0 Å². The quantitative estimate of drug-likeness (QED) is 0.741. The predicted molar refractivity (Wildman–Crippen MR) is 84.4 cm³/mol. The molecule has 0 bridgehead atoms. The van der Waals surface area contributed by atoms with Gasteiger partial charge in [0.2, 0.25) is 0 Å². The molecule has 3 heterocycles. The fourth-order valence-corrected chi connectivity index (χ4v) is 3.21. The molecule has 20 heavy (non-hydrogen) atoms. The molecule has 104 valence electrons. The minimum atomic E-state index is 0.748. The van der Waals surface area contributed by atoms with Crippen LogP contribution in [0, 0.1) is 0 Å². The van der Waals surface area contributed by atoms with Crippen LogP contribution in [0.3, 0.4) is 0 Å².